The second-order valence-electron chi connectivity index (χ2n) is 8.86. The highest BCUT2D eigenvalue weighted by Gasteiger charge is 2.50. The Balaban J connectivity index is 1.32. The summed E-state index contributed by atoms with van der Waals surface area (Å²) in [6, 6.07) is 12.0. The minimum absolute atomic E-state index is 0.311. The van der Waals surface area contributed by atoms with E-state index in [-0.39, 0.29) is 18.5 Å². The third-order valence-electron chi connectivity index (χ3n) is 6.54. The Morgan fingerprint density at radius 3 is 2.71 bits per heavy atom. The summed E-state index contributed by atoms with van der Waals surface area (Å²) >= 11 is 1.52. The van der Waals surface area contributed by atoms with Crippen LogP contribution in [-0.4, -0.2) is 59.4 Å². The molecule has 0 aliphatic carbocycles. The number of hydrogen-bond acceptors (Lipinski definition) is 7. The molecule has 2 aliphatic heterocycles. The van der Waals surface area contributed by atoms with Crippen molar-refractivity contribution in [3.8, 4) is 11.5 Å². The number of carbonyl (C=O) groups excluding carboxylic acids is 3. The maximum atomic E-state index is 13.4. The molecule has 0 spiro atoms. The first-order valence-corrected chi connectivity index (χ1v) is 12.2. The molecule has 2 aliphatic rings. The maximum absolute atomic E-state index is 13.4. The number of carbonyl (C=O) groups is 3. The van der Waals surface area contributed by atoms with Crippen molar-refractivity contribution in [3.05, 3.63) is 53.0 Å². The molecule has 3 heterocycles. The van der Waals surface area contributed by atoms with Gasteiger partial charge in [0.2, 0.25) is 5.91 Å². The quantitative estimate of drug-likeness (QED) is 0.546. The number of fused-ring (bicyclic) bond motifs is 2. The van der Waals surface area contributed by atoms with Crippen LogP contribution in [0.4, 0.5) is 4.79 Å². The van der Waals surface area contributed by atoms with Crippen molar-refractivity contribution >= 4 is 39.4 Å². The highest BCUT2D eigenvalue weighted by atomic mass is 32.1. The van der Waals surface area contributed by atoms with Crippen LogP contribution < -0.4 is 14.8 Å². The molecule has 182 valence electrons. The predicted octanol–water partition coefficient (Wildman–Crippen LogP) is 3.44. The standard InChI is InChI=1S/C25H26N4O5S/c1-15(22-26-17-7-4-5-8-20(17)35-22)28(3)21(30)14-29-23(31)25(2,27-24(29)32)16-9-10-18-19(13-16)34-12-6-11-33-18/h4-5,7-10,13,15H,6,11-12,14H2,1-3H3,(H,27,32)/t15-,25-/m1/s1. The molecule has 5 rings (SSSR count). The molecule has 0 unspecified atom stereocenters. The van der Waals surface area contributed by atoms with E-state index in [1.54, 1.807) is 32.2 Å². The van der Waals surface area contributed by atoms with Gasteiger partial charge in [-0.2, -0.15) is 0 Å². The lowest BCUT2D eigenvalue weighted by molar-refractivity contribution is -0.139. The van der Waals surface area contributed by atoms with E-state index in [1.165, 1.54) is 16.2 Å². The highest BCUT2D eigenvalue weighted by Crippen LogP contribution is 2.37. The van der Waals surface area contributed by atoms with Crippen molar-refractivity contribution in [1.82, 2.24) is 20.1 Å². The summed E-state index contributed by atoms with van der Waals surface area (Å²) in [7, 11) is 1.65. The molecule has 0 saturated carbocycles. The molecule has 1 N–H and O–H groups in total. The fraction of sp³-hybridized carbons (Fsp3) is 0.360. The number of rotatable bonds is 5. The zero-order chi connectivity index (χ0) is 24.7. The van der Waals surface area contributed by atoms with Crippen LogP contribution in [0, 0.1) is 0 Å². The first-order valence-electron chi connectivity index (χ1n) is 11.4. The van der Waals surface area contributed by atoms with E-state index in [2.05, 4.69) is 10.3 Å². The number of benzene rings is 2. The van der Waals surface area contributed by atoms with Gasteiger partial charge in [-0.1, -0.05) is 18.2 Å². The first kappa shape index (κ1) is 23.1. The average molecular weight is 495 g/mol. The van der Waals surface area contributed by atoms with E-state index in [0.717, 1.165) is 26.5 Å². The van der Waals surface area contributed by atoms with Gasteiger partial charge >= 0.3 is 6.03 Å². The summed E-state index contributed by atoms with van der Waals surface area (Å²) in [5, 5.41) is 3.54. The molecule has 1 aromatic heterocycles. The number of hydrogen-bond donors (Lipinski definition) is 1. The number of likely N-dealkylation sites (N-methyl/N-ethyl adjacent to an activating group) is 1. The molecule has 1 saturated heterocycles. The van der Waals surface area contributed by atoms with Gasteiger partial charge in [-0.15, -0.1) is 11.3 Å². The lowest BCUT2D eigenvalue weighted by atomic mass is 9.91. The molecule has 1 fully saturated rings. The van der Waals surface area contributed by atoms with Gasteiger partial charge in [-0.05, 0) is 43.7 Å². The van der Waals surface area contributed by atoms with Gasteiger partial charge in [-0.3, -0.25) is 14.5 Å². The van der Waals surface area contributed by atoms with E-state index >= 15 is 0 Å². The van der Waals surface area contributed by atoms with Crippen molar-refractivity contribution in [1.29, 1.82) is 0 Å². The summed E-state index contributed by atoms with van der Waals surface area (Å²) in [4.78, 5) is 46.4. The molecule has 0 radical (unpaired) electrons. The third kappa shape index (κ3) is 4.07. The number of para-hydroxylation sites is 1. The lowest BCUT2D eigenvalue weighted by Gasteiger charge is -2.26. The summed E-state index contributed by atoms with van der Waals surface area (Å²) in [5.41, 5.74) is 0.116. The van der Waals surface area contributed by atoms with Gasteiger partial charge in [0.15, 0.2) is 11.5 Å². The summed E-state index contributed by atoms with van der Waals surface area (Å²) < 4.78 is 12.4. The Hall–Kier alpha value is -3.66. The minimum atomic E-state index is -1.32. The Labute approximate surface area is 206 Å². The predicted molar refractivity (Wildman–Crippen MR) is 130 cm³/mol. The number of imide groups is 1. The zero-order valence-corrected chi connectivity index (χ0v) is 20.6. The van der Waals surface area contributed by atoms with Gasteiger partial charge < -0.3 is 19.7 Å². The number of amides is 4. The lowest BCUT2D eigenvalue weighted by Crippen LogP contribution is -2.44. The molecule has 0 bridgehead atoms. The number of aromatic nitrogens is 1. The van der Waals surface area contributed by atoms with Crippen LogP contribution >= 0.6 is 11.3 Å². The largest absolute Gasteiger partial charge is 0.490 e. The van der Waals surface area contributed by atoms with Crippen LogP contribution in [0.5, 0.6) is 11.5 Å². The molecule has 35 heavy (non-hydrogen) atoms. The fourth-order valence-corrected chi connectivity index (χ4v) is 5.27. The van der Waals surface area contributed by atoms with Crippen LogP contribution in [0.25, 0.3) is 10.2 Å². The van der Waals surface area contributed by atoms with Crippen molar-refractivity contribution in [2.24, 2.45) is 0 Å². The molecular weight excluding hydrogens is 468 g/mol. The monoisotopic (exact) mass is 494 g/mol. The molecule has 10 heteroatoms. The smallest absolute Gasteiger partial charge is 0.325 e. The van der Waals surface area contributed by atoms with Crippen molar-refractivity contribution < 1.29 is 23.9 Å². The van der Waals surface area contributed by atoms with Gasteiger partial charge in [0, 0.05) is 13.5 Å². The number of ether oxygens (including phenoxy) is 2. The first-order chi connectivity index (χ1) is 16.8. The Morgan fingerprint density at radius 1 is 1.20 bits per heavy atom. The summed E-state index contributed by atoms with van der Waals surface area (Å²) in [6.07, 6.45) is 0.760. The third-order valence-corrected chi connectivity index (χ3v) is 7.74. The van der Waals surface area contributed by atoms with Crippen LogP contribution in [0.3, 0.4) is 0 Å². The molecule has 9 nitrogen and oxygen atoms in total. The fourth-order valence-electron chi connectivity index (χ4n) is 4.21. The van der Waals surface area contributed by atoms with Gasteiger partial charge in [0.05, 0.1) is 29.5 Å². The van der Waals surface area contributed by atoms with E-state index < -0.39 is 17.5 Å². The van der Waals surface area contributed by atoms with Gasteiger partial charge in [0.1, 0.15) is 17.1 Å². The van der Waals surface area contributed by atoms with E-state index in [4.69, 9.17) is 9.47 Å². The van der Waals surface area contributed by atoms with Crippen LogP contribution in [0.2, 0.25) is 0 Å². The zero-order valence-electron chi connectivity index (χ0n) is 19.7. The van der Waals surface area contributed by atoms with Crippen LogP contribution in [0.15, 0.2) is 42.5 Å². The SMILES string of the molecule is C[C@H](c1nc2ccccc2s1)N(C)C(=O)CN1C(=O)N[C@](C)(c2ccc3c(c2)OCCCO3)C1=O. The summed E-state index contributed by atoms with van der Waals surface area (Å²) in [5.74, 6) is 0.279. The van der Waals surface area contributed by atoms with Crippen molar-refractivity contribution in [2.75, 3.05) is 26.8 Å². The van der Waals surface area contributed by atoms with E-state index in [0.29, 0.717) is 30.3 Å². The Morgan fingerprint density at radius 2 is 1.94 bits per heavy atom. The van der Waals surface area contributed by atoms with E-state index in [1.807, 2.05) is 31.2 Å². The molecule has 2 atom stereocenters. The average Bonchev–Trinajstić information content (AvgIpc) is 3.27. The number of urea groups is 1. The molecular formula is C25H26N4O5S. The maximum Gasteiger partial charge on any atom is 0.325 e. The Kier molecular flexibility index (Phi) is 5.84. The van der Waals surface area contributed by atoms with Gasteiger partial charge in [-0.25, -0.2) is 9.78 Å². The van der Waals surface area contributed by atoms with Crippen LogP contribution in [0.1, 0.15) is 36.9 Å². The normalized spacial score (nSPS) is 20.5. The summed E-state index contributed by atoms with van der Waals surface area (Å²) in [6.45, 7) is 4.20. The topological polar surface area (TPSA) is 101 Å². The minimum Gasteiger partial charge on any atom is -0.490 e. The second-order valence-corrected chi connectivity index (χ2v) is 9.92. The van der Waals surface area contributed by atoms with Crippen molar-refractivity contribution in [3.63, 3.8) is 0 Å². The number of nitrogens with one attached hydrogen (secondary N) is 1. The highest BCUT2D eigenvalue weighted by molar-refractivity contribution is 7.18. The number of thiazole rings is 1. The Bertz CT molecular complexity index is 1290. The van der Waals surface area contributed by atoms with Crippen LogP contribution in [-0.2, 0) is 15.1 Å². The van der Waals surface area contributed by atoms with Crippen molar-refractivity contribution in [2.45, 2.75) is 31.8 Å². The van der Waals surface area contributed by atoms with E-state index in [9.17, 15) is 14.4 Å². The second kappa shape index (κ2) is 8.84. The molecule has 2 aromatic carbocycles. The molecule has 4 amide bonds. The molecule has 3 aromatic rings. The number of nitrogens with zero attached hydrogens (tertiary/aromatic N) is 3. The van der Waals surface area contributed by atoms with Gasteiger partial charge in [0.25, 0.3) is 5.91 Å².